The van der Waals surface area contributed by atoms with Crippen LogP contribution >= 0.6 is 11.8 Å². The minimum atomic E-state index is -1.26. The fourth-order valence-corrected chi connectivity index (χ4v) is 6.02. The molecule has 0 aromatic heterocycles. The molecule has 2 N–H and O–H groups in total. The number of ether oxygens (including phenoxy) is 2. The number of amides is 3. The van der Waals surface area contributed by atoms with Gasteiger partial charge in [0.1, 0.15) is 5.54 Å². The Morgan fingerprint density at radius 2 is 1.91 bits per heavy atom. The summed E-state index contributed by atoms with van der Waals surface area (Å²) in [6.07, 6.45) is 2.67. The molecular formula is C23H21N3O5S. The topological polar surface area (TPSA) is 97.0 Å². The van der Waals surface area contributed by atoms with Gasteiger partial charge in [0.25, 0.3) is 0 Å². The second-order valence-electron chi connectivity index (χ2n) is 8.39. The minimum absolute atomic E-state index is 0.104. The fourth-order valence-electron chi connectivity index (χ4n) is 5.53. The highest BCUT2D eigenvalue weighted by atomic mass is 32.2. The molecule has 4 heterocycles. The van der Waals surface area contributed by atoms with Crippen LogP contribution < -0.4 is 25.0 Å². The van der Waals surface area contributed by atoms with E-state index in [-0.39, 0.29) is 30.6 Å². The standard InChI is InChI=1S/C23H21N3O5S/c1-32-9-8-15-18-19(23(25-15)13-4-2-3-5-14(13)24-22(23)29)21(28)26(20(18)27)12-6-7-16-17(10-12)31-11-30-16/h2-7,10,15,18-19,25H,8-9,11H2,1H3,(H,24,29)/t15-,18+,19+,23+/m1/s1. The highest BCUT2D eigenvalue weighted by Gasteiger charge is 2.70. The molecule has 0 aliphatic carbocycles. The summed E-state index contributed by atoms with van der Waals surface area (Å²) in [5.41, 5.74) is 0.572. The van der Waals surface area contributed by atoms with Gasteiger partial charge in [0.15, 0.2) is 11.5 Å². The van der Waals surface area contributed by atoms with Crippen molar-refractivity contribution in [3.8, 4) is 11.5 Å². The largest absolute Gasteiger partial charge is 0.454 e. The van der Waals surface area contributed by atoms with Crippen molar-refractivity contribution in [1.29, 1.82) is 0 Å². The summed E-state index contributed by atoms with van der Waals surface area (Å²) in [5, 5.41) is 6.36. The van der Waals surface area contributed by atoms with Crippen molar-refractivity contribution in [2.75, 3.05) is 29.0 Å². The molecule has 0 saturated carbocycles. The maximum Gasteiger partial charge on any atom is 0.250 e. The molecule has 32 heavy (non-hydrogen) atoms. The number of carbonyl (C=O) groups excluding carboxylic acids is 3. The Kier molecular flexibility index (Phi) is 4.28. The van der Waals surface area contributed by atoms with Gasteiger partial charge in [-0.05, 0) is 36.6 Å². The lowest BCUT2D eigenvalue weighted by molar-refractivity contribution is -0.130. The summed E-state index contributed by atoms with van der Waals surface area (Å²) in [7, 11) is 0. The third-order valence-electron chi connectivity index (χ3n) is 6.87. The van der Waals surface area contributed by atoms with Crippen molar-refractivity contribution in [3.05, 3.63) is 48.0 Å². The zero-order chi connectivity index (χ0) is 22.0. The number of imide groups is 1. The van der Waals surface area contributed by atoms with Crippen molar-refractivity contribution < 1.29 is 23.9 Å². The van der Waals surface area contributed by atoms with Gasteiger partial charge in [0.05, 0.1) is 17.5 Å². The van der Waals surface area contributed by atoms with E-state index in [1.54, 1.807) is 30.0 Å². The SMILES string of the molecule is CSCC[C@H]1N[C@]2(C(=O)Nc3ccccc32)[C@@H]2C(=O)N(c3ccc4c(c3)OCO4)C(=O)[C@H]21. The number of nitrogens with one attached hydrogen (secondary N) is 2. The van der Waals surface area contributed by atoms with Crippen LogP contribution in [0.15, 0.2) is 42.5 Å². The van der Waals surface area contributed by atoms with Crippen LogP contribution in [-0.4, -0.2) is 42.6 Å². The van der Waals surface area contributed by atoms with Gasteiger partial charge in [-0.3, -0.25) is 19.7 Å². The van der Waals surface area contributed by atoms with Crippen LogP contribution in [0.4, 0.5) is 11.4 Å². The van der Waals surface area contributed by atoms with Crippen LogP contribution in [0.25, 0.3) is 0 Å². The lowest BCUT2D eigenvalue weighted by atomic mass is 9.76. The van der Waals surface area contributed by atoms with Crippen LogP contribution in [0.5, 0.6) is 11.5 Å². The summed E-state index contributed by atoms with van der Waals surface area (Å²) in [4.78, 5) is 42.1. The van der Waals surface area contributed by atoms with Crippen molar-refractivity contribution in [2.45, 2.75) is 18.0 Å². The average Bonchev–Trinajstić information content (AvgIpc) is 3.52. The van der Waals surface area contributed by atoms with E-state index in [4.69, 9.17) is 9.47 Å². The van der Waals surface area contributed by atoms with Crippen molar-refractivity contribution in [1.82, 2.24) is 5.32 Å². The van der Waals surface area contributed by atoms with E-state index < -0.39 is 17.4 Å². The van der Waals surface area contributed by atoms with Gasteiger partial charge >= 0.3 is 0 Å². The van der Waals surface area contributed by atoms with E-state index in [9.17, 15) is 14.4 Å². The van der Waals surface area contributed by atoms with Gasteiger partial charge < -0.3 is 14.8 Å². The molecule has 2 fully saturated rings. The summed E-state index contributed by atoms with van der Waals surface area (Å²) < 4.78 is 10.8. The predicted octanol–water partition coefficient (Wildman–Crippen LogP) is 2.09. The number of nitrogens with zero attached hydrogens (tertiary/aromatic N) is 1. The van der Waals surface area contributed by atoms with Gasteiger partial charge in [-0.1, -0.05) is 18.2 Å². The first-order valence-corrected chi connectivity index (χ1v) is 11.9. The van der Waals surface area contributed by atoms with E-state index in [2.05, 4.69) is 10.6 Å². The van der Waals surface area contributed by atoms with Gasteiger partial charge in [-0.25, -0.2) is 4.90 Å². The number of rotatable bonds is 4. The first kappa shape index (κ1) is 19.6. The van der Waals surface area contributed by atoms with Crippen molar-refractivity contribution >= 4 is 40.9 Å². The number of thioether (sulfide) groups is 1. The van der Waals surface area contributed by atoms with Crippen LogP contribution in [0, 0.1) is 11.8 Å². The Hall–Kier alpha value is -3.04. The Balaban J connectivity index is 1.47. The molecule has 3 amide bonds. The quantitative estimate of drug-likeness (QED) is 0.687. The Labute approximate surface area is 188 Å². The maximum absolute atomic E-state index is 13.8. The highest BCUT2D eigenvalue weighted by molar-refractivity contribution is 7.98. The Morgan fingerprint density at radius 1 is 1.09 bits per heavy atom. The third kappa shape index (κ3) is 2.46. The Bertz CT molecular complexity index is 1170. The van der Waals surface area contributed by atoms with E-state index in [0.29, 0.717) is 29.3 Å². The number of anilines is 2. The molecule has 0 unspecified atom stereocenters. The molecule has 0 bridgehead atoms. The van der Waals surface area contributed by atoms with Crippen LogP contribution in [-0.2, 0) is 19.9 Å². The number of para-hydroxylation sites is 1. The highest BCUT2D eigenvalue weighted by Crippen LogP contribution is 2.54. The third-order valence-corrected chi connectivity index (χ3v) is 7.51. The molecule has 2 aromatic rings. The average molecular weight is 452 g/mol. The molecule has 2 aromatic carbocycles. The molecule has 1 spiro atoms. The molecule has 2 saturated heterocycles. The number of benzene rings is 2. The van der Waals surface area contributed by atoms with Crippen molar-refractivity contribution in [2.24, 2.45) is 11.8 Å². The first-order valence-electron chi connectivity index (χ1n) is 10.5. The molecule has 9 heteroatoms. The van der Waals surface area contributed by atoms with E-state index in [1.165, 1.54) is 4.90 Å². The zero-order valence-electron chi connectivity index (χ0n) is 17.3. The number of hydrogen-bond donors (Lipinski definition) is 2. The van der Waals surface area contributed by atoms with Crippen LogP contribution in [0.3, 0.4) is 0 Å². The molecule has 4 aliphatic rings. The van der Waals surface area contributed by atoms with Gasteiger partial charge in [-0.2, -0.15) is 11.8 Å². The normalized spacial score (nSPS) is 29.6. The smallest absolute Gasteiger partial charge is 0.250 e. The van der Waals surface area contributed by atoms with Crippen LogP contribution in [0.2, 0.25) is 0 Å². The Morgan fingerprint density at radius 3 is 2.75 bits per heavy atom. The predicted molar refractivity (Wildman–Crippen MR) is 119 cm³/mol. The summed E-state index contributed by atoms with van der Waals surface area (Å²) in [5.74, 6) is -0.506. The lowest BCUT2D eigenvalue weighted by Crippen LogP contribution is -2.53. The zero-order valence-corrected chi connectivity index (χ0v) is 18.1. The van der Waals surface area contributed by atoms with E-state index in [0.717, 1.165) is 11.3 Å². The molecule has 6 rings (SSSR count). The summed E-state index contributed by atoms with van der Waals surface area (Å²) in [6.45, 7) is 0.104. The molecule has 0 radical (unpaired) electrons. The maximum atomic E-state index is 13.8. The second-order valence-corrected chi connectivity index (χ2v) is 9.38. The fraction of sp³-hybridized carbons (Fsp3) is 0.348. The minimum Gasteiger partial charge on any atom is -0.454 e. The van der Waals surface area contributed by atoms with Gasteiger partial charge in [-0.15, -0.1) is 0 Å². The number of carbonyl (C=O) groups is 3. The number of hydrogen-bond acceptors (Lipinski definition) is 7. The molecule has 4 aliphatic heterocycles. The van der Waals surface area contributed by atoms with E-state index in [1.807, 2.05) is 30.5 Å². The number of fused-ring (bicyclic) bond motifs is 5. The van der Waals surface area contributed by atoms with E-state index >= 15 is 0 Å². The second kappa shape index (κ2) is 6.98. The molecule has 4 atom stereocenters. The first-order chi connectivity index (χ1) is 15.6. The van der Waals surface area contributed by atoms with Crippen molar-refractivity contribution in [3.63, 3.8) is 0 Å². The van der Waals surface area contributed by atoms with Gasteiger partial charge in [0.2, 0.25) is 24.5 Å². The summed E-state index contributed by atoms with van der Waals surface area (Å²) in [6, 6.07) is 12.1. The van der Waals surface area contributed by atoms with Crippen LogP contribution in [0.1, 0.15) is 12.0 Å². The molecule has 164 valence electrons. The monoisotopic (exact) mass is 451 g/mol. The van der Waals surface area contributed by atoms with Gasteiger partial charge in [0, 0.05) is 23.4 Å². The molecular weight excluding hydrogens is 430 g/mol. The summed E-state index contributed by atoms with van der Waals surface area (Å²) >= 11 is 1.67. The molecule has 8 nitrogen and oxygen atoms in total. The lowest BCUT2D eigenvalue weighted by Gasteiger charge is -2.29.